The van der Waals surface area contributed by atoms with Gasteiger partial charge in [0.15, 0.2) is 0 Å². The molecule has 0 amide bonds. The third-order valence-electron chi connectivity index (χ3n) is 4.05. The lowest BCUT2D eigenvalue weighted by Gasteiger charge is -2.34. The van der Waals surface area contributed by atoms with Crippen LogP contribution in [0.15, 0.2) is 30.3 Å². The van der Waals surface area contributed by atoms with Crippen LogP contribution >= 0.6 is 0 Å². The van der Waals surface area contributed by atoms with Crippen molar-refractivity contribution in [2.75, 3.05) is 20.7 Å². The molecule has 114 valence electrons. The van der Waals surface area contributed by atoms with Crippen LogP contribution in [-0.4, -0.2) is 56.0 Å². The molecule has 2 aliphatic rings. The molecule has 0 spiro atoms. The van der Waals surface area contributed by atoms with Gasteiger partial charge in [-0.3, -0.25) is 4.84 Å². The van der Waals surface area contributed by atoms with Crippen molar-refractivity contribution in [3.8, 4) is 5.75 Å². The van der Waals surface area contributed by atoms with E-state index in [9.17, 15) is 4.79 Å². The fourth-order valence-electron chi connectivity index (χ4n) is 3.01. The van der Waals surface area contributed by atoms with Gasteiger partial charge in [0, 0.05) is 13.6 Å². The number of carbonyl (C=O) groups is 1. The summed E-state index contributed by atoms with van der Waals surface area (Å²) in [5, 5.41) is 5.17. The standard InChI is InChI=1S/C15H20N2O4/c1-17-12-8-11(21-17)9-16-13(12)14(15(18)19-2)20-10-6-4-3-5-7-10/h3-7,11-14,16H,8-9H2,1-2H3/t11-,12+,13+,14-/m1/s1. The van der Waals surface area contributed by atoms with Crippen molar-refractivity contribution in [1.82, 2.24) is 10.4 Å². The quantitative estimate of drug-likeness (QED) is 0.819. The molecular weight excluding hydrogens is 272 g/mol. The van der Waals surface area contributed by atoms with Gasteiger partial charge < -0.3 is 14.8 Å². The summed E-state index contributed by atoms with van der Waals surface area (Å²) in [6.07, 6.45) is 0.360. The first-order valence-electron chi connectivity index (χ1n) is 7.11. The molecule has 21 heavy (non-hydrogen) atoms. The van der Waals surface area contributed by atoms with E-state index in [1.165, 1.54) is 7.11 Å². The second-order valence-corrected chi connectivity index (χ2v) is 5.39. The highest BCUT2D eigenvalue weighted by Gasteiger charge is 2.47. The molecule has 0 aliphatic carbocycles. The fraction of sp³-hybridized carbons (Fsp3) is 0.533. The van der Waals surface area contributed by atoms with Gasteiger partial charge >= 0.3 is 5.97 Å². The Balaban J connectivity index is 1.80. The highest BCUT2D eigenvalue weighted by molar-refractivity contribution is 5.76. The smallest absolute Gasteiger partial charge is 0.348 e. The monoisotopic (exact) mass is 292 g/mol. The van der Waals surface area contributed by atoms with Crippen LogP contribution in [0.3, 0.4) is 0 Å². The van der Waals surface area contributed by atoms with E-state index in [2.05, 4.69) is 5.32 Å². The first kappa shape index (κ1) is 14.3. The number of methoxy groups -OCH3 is 1. The number of piperidine rings is 1. The van der Waals surface area contributed by atoms with Crippen LogP contribution in [-0.2, 0) is 14.4 Å². The van der Waals surface area contributed by atoms with Crippen molar-refractivity contribution in [2.45, 2.75) is 30.7 Å². The third kappa shape index (κ3) is 2.88. The van der Waals surface area contributed by atoms with Crippen molar-refractivity contribution in [2.24, 2.45) is 0 Å². The second-order valence-electron chi connectivity index (χ2n) is 5.39. The largest absolute Gasteiger partial charge is 0.477 e. The van der Waals surface area contributed by atoms with Crippen molar-refractivity contribution in [3.05, 3.63) is 30.3 Å². The predicted molar refractivity (Wildman–Crippen MR) is 75.7 cm³/mol. The topological polar surface area (TPSA) is 60.0 Å². The third-order valence-corrected chi connectivity index (χ3v) is 4.05. The Kier molecular flexibility index (Phi) is 4.10. The number of carbonyl (C=O) groups excluding carboxylic acids is 1. The lowest BCUT2D eigenvalue weighted by atomic mass is 9.93. The number of hydroxylamine groups is 2. The summed E-state index contributed by atoms with van der Waals surface area (Å²) in [5.74, 6) is 0.272. The van der Waals surface area contributed by atoms with Gasteiger partial charge in [0.05, 0.1) is 25.3 Å². The van der Waals surface area contributed by atoms with Crippen molar-refractivity contribution in [3.63, 3.8) is 0 Å². The number of hydrogen-bond donors (Lipinski definition) is 1. The van der Waals surface area contributed by atoms with E-state index in [1.807, 2.05) is 42.4 Å². The molecule has 2 heterocycles. The Morgan fingerprint density at radius 1 is 1.43 bits per heavy atom. The van der Waals surface area contributed by atoms with Crippen LogP contribution in [0.5, 0.6) is 5.75 Å². The number of para-hydroxylation sites is 1. The van der Waals surface area contributed by atoms with Gasteiger partial charge in [-0.05, 0) is 18.6 Å². The molecule has 2 aliphatic heterocycles. The number of esters is 1. The van der Waals surface area contributed by atoms with Crippen LogP contribution in [0, 0.1) is 0 Å². The maximum absolute atomic E-state index is 12.2. The molecule has 1 aromatic carbocycles. The number of ether oxygens (including phenoxy) is 2. The Bertz CT molecular complexity index is 496. The Labute approximate surface area is 123 Å². The number of benzene rings is 1. The molecule has 0 radical (unpaired) electrons. The molecule has 0 unspecified atom stereocenters. The second kappa shape index (κ2) is 6.01. The zero-order valence-corrected chi connectivity index (χ0v) is 12.2. The summed E-state index contributed by atoms with van der Waals surface area (Å²) in [6.45, 7) is 0.706. The van der Waals surface area contributed by atoms with Gasteiger partial charge in [0.1, 0.15) is 5.75 Å². The fourth-order valence-corrected chi connectivity index (χ4v) is 3.01. The van der Waals surface area contributed by atoms with E-state index < -0.39 is 6.10 Å². The number of fused-ring (bicyclic) bond motifs is 2. The summed E-state index contributed by atoms with van der Waals surface area (Å²) in [5.41, 5.74) is 0. The van der Waals surface area contributed by atoms with Crippen molar-refractivity contribution in [1.29, 1.82) is 0 Å². The van der Waals surface area contributed by atoms with Crippen LogP contribution in [0.4, 0.5) is 0 Å². The average molecular weight is 292 g/mol. The van der Waals surface area contributed by atoms with Gasteiger partial charge in [-0.2, -0.15) is 5.06 Å². The number of likely N-dealkylation sites (N-methyl/N-ethyl adjacent to an activating group) is 1. The van der Waals surface area contributed by atoms with Gasteiger partial charge in [-0.25, -0.2) is 4.79 Å². The van der Waals surface area contributed by atoms with E-state index in [4.69, 9.17) is 14.3 Å². The van der Waals surface area contributed by atoms with E-state index >= 15 is 0 Å². The molecule has 0 aromatic heterocycles. The Hall–Kier alpha value is -1.63. The number of nitrogens with one attached hydrogen (secondary N) is 1. The van der Waals surface area contributed by atoms with Crippen LogP contribution in [0.25, 0.3) is 0 Å². The van der Waals surface area contributed by atoms with Crippen molar-refractivity contribution < 1.29 is 19.1 Å². The van der Waals surface area contributed by atoms with Crippen LogP contribution in [0.1, 0.15) is 6.42 Å². The SMILES string of the molecule is COC(=O)[C@H](Oc1ccccc1)[C@H]1NC[C@H]2C[C@@H]1N(C)O2. The van der Waals surface area contributed by atoms with Gasteiger partial charge in [-0.15, -0.1) is 0 Å². The molecule has 3 rings (SSSR count). The number of nitrogens with zero attached hydrogens (tertiary/aromatic N) is 1. The lowest BCUT2D eigenvalue weighted by Crippen LogP contribution is -2.59. The molecule has 1 aromatic rings. The van der Waals surface area contributed by atoms with E-state index in [0.29, 0.717) is 12.3 Å². The van der Waals surface area contributed by atoms with E-state index in [1.54, 1.807) is 0 Å². The maximum Gasteiger partial charge on any atom is 0.348 e. The molecule has 4 atom stereocenters. The molecule has 0 saturated carbocycles. The minimum absolute atomic E-state index is 0.0940. The zero-order valence-electron chi connectivity index (χ0n) is 12.2. The molecule has 6 heteroatoms. The van der Waals surface area contributed by atoms with Gasteiger partial charge in [0.25, 0.3) is 0 Å². The lowest BCUT2D eigenvalue weighted by molar-refractivity contribution is -0.154. The molecule has 2 bridgehead atoms. The molecular formula is C15H20N2O4. The summed E-state index contributed by atoms with van der Waals surface area (Å²) < 4.78 is 10.8. The number of hydrogen-bond acceptors (Lipinski definition) is 6. The van der Waals surface area contributed by atoms with E-state index in [0.717, 1.165) is 6.42 Å². The zero-order chi connectivity index (χ0) is 14.8. The molecule has 2 fully saturated rings. The molecule has 2 saturated heterocycles. The summed E-state index contributed by atoms with van der Waals surface area (Å²) in [4.78, 5) is 17.8. The average Bonchev–Trinajstić information content (AvgIpc) is 2.81. The van der Waals surface area contributed by atoms with Crippen LogP contribution in [0.2, 0.25) is 0 Å². The molecule has 1 N–H and O–H groups in total. The maximum atomic E-state index is 12.2. The minimum atomic E-state index is -0.701. The summed E-state index contributed by atoms with van der Waals surface area (Å²) >= 11 is 0. The van der Waals surface area contributed by atoms with E-state index in [-0.39, 0.29) is 24.2 Å². The van der Waals surface area contributed by atoms with Crippen molar-refractivity contribution >= 4 is 5.97 Å². The van der Waals surface area contributed by atoms with Gasteiger partial charge in [0.2, 0.25) is 6.10 Å². The Morgan fingerprint density at radius 2 is 2.19 bits per heavy atom. The molecule has 6 nitrogen and oxygen atoms in total. The summed E-state index contributed by atoms with van der Waals surface area (Å²) in [7, 11) is 3.27. The predicted octanol–water partition coefficient (Wildman–Crippen LogP) is 0.583. The normalized spacial score (nSPS) is 29.9. The first-order chi connectivity index (χ1) is 10.2. The highest BCUT2D eigenvalue weighted by atomic mass is 16.7. The van der Waals surface area contributed by atoms with Gasteiger partial charge in [-0.1, -0.05) is 18.2 Å². The highest BCUT2D eigenvalue weighted by Crippen LogP contribution is 2.29. The minimum Gasteiger partial charge on any atom is -0.477 e. The summed E-state index contributed by atoms with van der Waals surface area (Å²) in [6, 6.07) is 9.24. The number of rotatable bonds is 4. The Morgan fingerprint density at radius 3 is 2.90 bits per heavy atom. The van der Waals surface area contributed by atoms with Crippen LogP contribution < -0.4 is 10.1 Å². The first-order valence-corrected chi connectivity index (χ1v) is 7.11.